The molecule has 0 aliphatic rings. The van der Waals surface area contributed by atoms with Gasteiger partial charge in [0.1, 0.15) is 0 Å². The van der Waals surface area contributed by atoms with E-state index in [4.69, 9.17) is 14.2 Å². The van der Waals surface area contributed by atoms with Crippen LogP contribution in [-0.2, 0) is 13.8 Å². The number of rotatable bonds is 21. The normalized spacial score (nSPS) is 13.6. The maximum absolute atomic E-state index is 11.1. The highest BCUT2D eigenvalue weighted by molar-refractivity contribution is 7.56. The van der Waals surface area contributed by atoms with Crippen molar-refractivity contribution in [2.75, 3.05) is 19.8 Å². The predicted molar refractivity (Wildman–Crippen MR) is 112 cm³/mol. The zero-order valence-corrected chi connectivity index (χ0v) is 18.0. The van der Waals surface area contributed by atoms with Crippen LogP contribution in [0.4, 0.5) is 0 Å². The Morgan fingerprint density at radius 1 is 0.731 bits per heavy atom. The van der Waals surface area contributed by atoms with Crippen molar-refractivity contribution in [3.05, 3.63) is 12.4 Å². The Labute approximate surface area is 162 Å². The molecule has 0 bridgehead atoms. The smallest absolute Gasteiger partial charge is 0.351 e. The summed E-state index contributed by atoms with van der Waals surface area (Å²) in [5.41, 5.74) is 0. The molecule has 0 aromatic carbocycles. The molecule has 0 saturated heterocycles. The van der Waals surface area contributed by atoms with Crippen molar-refractivity contribution in [1.29, 1.82) is 0 Å². The van der Waals surface area contributed by atoms with Gasteiger partial charge in [-0.05, 0) is 12.8 Å². The molecule has 4 nitrogen and oxygen atoms in total. The Bertz CT molecular complexity index is 347. The molecule has 0 aliphatic carbocycles. The maximum atomic E-state index is 11.1. The summed E-state index contributed by atoms with van der Waals surface area (Å²) in [6.07, 6.45) is 19.7. The Kier molecular flexibility index (Phi) is 19.5. The number of unbranched alkanes of at least 4 members (excludes halogenated alkanes) is 13. The monoisotopic (exact) mass is 390 g/mol. The van der Waals surface area contributed by atoms with E-state index in [0.717, 1.165) is 18.8 Å². The minimum absolute atomic E-state index is 0.235. The SMILES string of the molecule is C=CP(=O)(O)OCCCOCCCCCCCCCCCCCCCC. The van der Waals surface area contributed by atoms with Crippen LogP contribution in [0.1, 0.15) is 103 Å². The molecule has 0 radical (unpaired) electrons. The topological polar surface area (TPSA) is 55.8 Å². The molecule has 1 unspecified atom stereocenters. The van der Waals surface area contributed by atoms with Crippen molar-refractivity contribution in [1.82, 2.24) is 0 Å². The standard InChI is InChI=1S/C21H43O4P/c1-3-5-6-7-8-9-10-11-12-13-14-15-16-17-19-24-20-18-21-25-26(22,23)4-2/h4H,2-3,5-21H2,1H3,(H,22,23). The molecule has 0 aliphatic heterocycles. The first-order chi connectivity index (χ1) is 12.6. The first-order valence-corrected chi connectivity index (χ1v) is 12.5. The van der Waals surface area contributed by atoms with Crippen molar-refractivity contribution >= 4 is 7.60 Å². The van der Waals surface area contributed by atoms with Crippen LogP contribution < -0.4 is 0 Å². The highest BCUT2D eigenvalue weighted by Gasteiger charge is 2.11. The van der Waals surface area contributed by atoms with Crippen molar-refractivity contribution in [3.8, 4) is 0 Å². The van der Waals surface area contributed by atoms with Crippen molar-refractivity contribution in [2.45, 2.75) is 103 Å². The summed E-state index contributed by atoms with van der Waals surface area (Å²) in [7, 11) is -3.56. The van der Waals surface area contributed by atoms with E-state index in [2.05, 4.69) is 13.5 Å². The zero-order valence-electron chi connectivity index (χ0n) is 17.1. The van der Waals surface area contributed by atoms with Crippen LogP contribution in [0.3, 0.4) is 0 Å². The lowest BCUT2D eigenvalue weighted by Gasteiger charge is -2.08. The van der Waals surface area contributed by atoms with Gasteiger partial charge in [-0.2, -0.15) is 0 Å². The number of hydrogen-bond donors (Lipinski definition) is 1. The molecule has 1 N–H and O–H groups in total. The van der Waals surface area contributed by atoms with E-state index in [1.54, 1.807) is 0 Å². The quantitative estimate of drug-likeness (QED) is 0.166. The molecule has 0 amide bonds. The summed E-state index contributed by atoms with van der Waals surface area (Å²) in [6, 6.07) is 0. The molecule has 0 spiro atoms. The van der Waals surface area contributed by atoms with Crippen molar-refractivity contribution in [2.24, 2.45) is 0 Å². The lowest BCUT2D eigenvalue weighted by molar-refractivity contribution is 0.114. The second-order valence-corrected chi connectivity index (χ2v) is 8.89. The highest BCUT2D eigenvalue weighted by atomic mass is 31.2. The highest BCUT2D eigenvalue weighted by Crippen LogP contribution is 2.42. The van der Waals surface area contributed by atoms with Crippen LogP contribution in [-0.4, -0.2) is 24.7 Å². The second-order valence-electron chi connectivity index (χ2n) is 7.14. The summed E-state index contributed by atoms with van der Waals surface area (Å²) >= 11 is 0. The molecule has 0 aromatic rings. The molecule has 5 heteroatoms. The van der Waals surface area contributed by atoms with E-state index in [-0.39, 0.29) is 6.61 Å². The van der Waals surface area contributed by atoms with Crippen LogP contribution >= 0.6 is 7.60 Å². The molecule has 0 aromatic heterocycles. The van der Waals surface area contributed by atoms with Crippen LogP contribution in [0.25, 0.3) is 0 Å². The summed E-state index contributed by atoms with van der Waals surface area (Å²) in [5.74, 6) is 0.961. The molecule has 156 valence electrons. The van der Waals surface area contributed by atoms with E-state index in [1.165, 1.54) is 83.5 Å². The largest absolute Gasteiger partial charge is 0.381 e. The van der Waals surface area contributed by atoms with Crippen molar-refractivity contribution in [3.63, 3.8) is 0 Å². The number of hydrogen-bond acceptors (Lipinski definition) is 3. The third-order valence-corrected chi connectivity index (χ3v) is 5.60. The summed E-state index contributed by atoms with van der Waals surface area (Å²) in [5, 5.41) is 0. The van der Waals surface area contributed by atoms with Gasteiger partial charge in [0, 0.05) is 19.0 Å². The fraction of sp³-hybridized carbons (Fsp3) is 0.905. The van der Waals surface area contributed by atoms with E-state index < -0.39 is 7.60 Å². The van der Waals surface area contributed by atoms with Crippen LogP contribution in [0, 0.1) is 0 Å². The van der Waals surface area contributed by atoms with Gasteiger partial charge in [0.25, 0.3) is 0 Å². The van der Waals surface area contributed by atoms with Crippen LogP contribution in [0.5, 0.6) is 0 Å². The van der Waals surface area contributed by atoms with Crippen LogP contribution in [0.2, 0.25) is 0 Å². The molecular weight excluding hydrogens is 347 g/mol. The Morgan fingerprint density at radius 2 is 1.15 bits per heavy atom. The summed E-state index contributed by atoms with van der Waals surface area (Å²) < 4.78 is 21.5. The third kappa shape index (κ3) is 20.2. The molecule has 0 heterocycles. The van der Waals surface area contributed by atoms with Gasteiger partial charge in [-0.1, -0.05) is 97.0 Å². The van der Waals surface area contributed by atoms with Gasteiger partial charge in [-0.25, -0.2) is 0 Å². The predicted octanol–water partition coefficient (Wildman–Crippen LogP) is 7.22. The fourth-order valence-corrected chi connectivity index (χ4v) is 3.41. The van der Waals surface area contributed by atoms with Gasteiger partial charge in [0.2, 0.25) is 0 Å². The van der Waals surface area contributed by atoms with Gasteiger partial charge in [-0.15, -0.1) is 0 Å². The maximum Gasteiger partial charge on any atom is 0.351 e. The molecule has 0 saturated carbocycles. The lowest BCUT2D eigenvalue weighted by atomic mass is 10.0. The van der Waals surface area contributed by atoms with E-state index in [9.17, 15) is 4.57 Å². The third-order valence-electron chi connectivity index (χ3n) is 4.58. The second kappa shape index (κ2) is 19.6. The average Bonchev–Trinajstić information content (AvgIpc) is 2.63. The molecule has 0 rings (SSSR count). The van der Waals surface area contributed by atoms with Gasteiger partial charge >= 0.3 is 7.60 Å². The molecule has 1 atom stereocenters. The minimum Gasteiger partial charge on any atom is -0.381 e. The Hall–Kier alpha value is -0.150. The Balaban J connectivity index is 3.07. The summed E-state index contributed by atoms with van der Waals surface area (Å²) in [4.78, 5) is 9.14. The zero-order chi connectivity index (χ0) is 19.3. The fourth-order valence-electron chi connectivity index (χ4n) is 2.91. The Morgan fingerprint density at radius 3 is 1.62 bits per heavy atom. The summed E-state index contributed by atoms with van der Waals surface area (Å²) in [6.45, 7) is 7.12. The minimum atomic E-state index is -3.56. The average molecular weight is 391 g/mol. The number of ether oxygens (including phenoxy) is 1. The van der Waals surface area contributed by atoms with Crippen LogP contribution in [0.15, 0.2) is 12.4 Å². The van der Waals surface area contributed by atoms with Crippen molar-refractivity contribution < 1.29 is 18.7 Å². The lowest BCUT2D eigenvalue weighted by Crippen LogP contribution is -2.01. The molecular formula is C21H43O4P. The first-order valence-electron chi connectivity index (χ1n) is 10.8. The van der Waals surface area contributed by atoms with Gasteiger partial charge in [0.15, 0.2) is 0 Å². The van der Waals surface area contributed by atoms with E-state index >= 15 is 0 Å². The molecule has 26 heavy (non-hydrogen) atoms. The van der Waals surface area contributed by atoms with Gasteiger partial charge in [0.05, 0.1) is 6.61 Å². The first kappa shape index (κ1) is 25.9. The molecule has 0 fully saturated rings. The van der Waals surface area contributed by atoms with Gasteiger partial charge < -0.3 is 14.2 Å². The van der Waals surface area contributed by atoms with Gasteiger partial charge in [-0.3, -0.25) is 4.57 Å². The van der Waals surface area contributed by atoms with E-state index in [0.29, 0.717) is 13.0 Å². The van der Waals surface area contributed by atoms with E-state index in [1.807, 2.05) is 0 Å².